The quantitative estimate of drug-likeness (QED) is 0.867. The molecule has 0 aliphatic rings. The Kier molecular flexibility index (Phi) is 4.83. The summed E-state index contributed by atoms with van der Waals surface area (Å²) in [6.45, 7) is 0. The van der Waals surface area contributed by atoms with Crippen molar-refractivity contribution < 1.29 is 14.3 Å². The van der Waals surface area contributed by atoms with E-state index < -0.39 is 11.9 Å². The first kappa shape index (κ1) is 15.4. The molecule has 21 heavy (non-hydrogen) atoms. The molecule has 6 heteroatoms. The first-order chi connectivity index (χ1) is 10.0. The van der Waals surface area contributed by atoms with Crippen molar-refractivity contribution in [2.24, 2.45) is 0 Å². The number of benzene rings is 2. The highest BCUT2D eigenvalue weighted by molar-refractivity contribution is 6.35. The summed E-state index contributed by atoms with van der Waals surface area (Å²) in [5.74, 6) is -1.07. The fourth-order valence-electron chi connectivity index (χ4n) is 1.77. The van der Waals surface area contributed by atoms with Gasteiger partial charge in [0.05, 0.1) is 28.4 Å². The number of ether oxygens (including phenoxy) is 1. The highest BCUT2D eigenvalue weighted by Gasteiger charge is 2.18. The zero-order chi connectivity index (χ0) is 15.4. The molecule has 0 spiro atoms. The van der Waals surface area contributed by atoms with Crippen LogP contribution in [0.3, 0.4) is 0 Å². The lowest BCUT2D eigenvalue weighted by molar-refractivity contribution is 0.0602. The first-order valence-electron chi connectivity index (χ1n) is 5.97. The zero-order valence-corrected chi connectivity index (χ0v) is 12.5. The van der Waals surface area contributed by atoms with Gasteiger partial charge in [0.2, 0.25) is 0 Å². The molecule has 0 unspecified atom stereocenters. The van der Waals surface area contributed by atoms with Crippen LogP contribution in [0.2, 0.25) is 10.0 Å². The van der Waals surface area contributed by atoms with Crippen molar-refractivity contribution in [1.29, 1.82) is 0 Å². The molecule has 4 nitrogen and oxygen atoms in total. The predicted octanol–water partition coefficient (Wildman–Crippen LogP) is 4.03. The average molecular weight is 324 g/mol. The molecule has 1 amide bonds. The molecule has 0 bridgehead atoms. The van der Waals surface area contributed by atoms with E-state index in [1.165, 1.54) is 7.11 Å². The fourth-order valence-corrected chi connectivity index (χ4v) is 2.25. The maximum atomic E-state index is 12.2. The van der Waals surface area contributed by atoms with E-state index in [2.05, 4.69) is 10.1 Å². The molecule has 2 aromatic rings. The number of amides is 1. The van der Waals surface area contributed by atoms with Gasteiger partial charge in [0, 0.05) is 0 Å². The minimum absolute atomic E-state index is 0.0991. The van der Waals surface area contributed by atoms with Gasteiger partial charge in [0.25, 0.3) is 5.91 Å². The number of rotatable bonds is 3. The van der Waals surface area contributed by atoms with Crippen LogP contribution in [0.5, 0.6) is 0 Å². The smallest absolute Gasteiger partial charge is 0.341 e. The monoisotopic (exact) mass is 323 g/mol. The number of hydrogen-bond donors (Lipinski definition) is 1. The molecule has 0 aliphatic heterocycles. The molecule has 0 heterocycles. The summed E-state index contributed by atoms with van der Waals surface area (Å²) in [6, 6.07) is 11.3. The summed E-state index contributed by atoms with van der Waals surface area (Å²) in [5.41, 5.74) is 0.663. The van der Waals surface area contributed by atoms with Crippen LogP contribution in [0.4, 0.5) is 5.69 Å². The Morgan fingerprint density at radius 3 is 2.33 bits per heavy atom. The Morgan fingerprint density at radius 1 is 1.00 bits per heavy atom. The molecule has 108 valence electrons. The largest absolute Gasteiger partial charge is 0.465 e. The number of halogens is 2. The molecule has 0 saturated carbocycles. The number of carbonyl (C=O) groups excluding carboxylic acids is 2. The Hall–Kier alpha value is -2.04. The lowest BCUT2D eigenvalue weighted by Crippen LogP contribution is -2.16. The van der Waals surface area contributed by atoms with Crippen LogP contribution in [0, 0.1) is 0 Å². The lowest BCUT2D eigenvalue weighted by Gasteiger charge is -2.11. The molecule has 0 fully saturated rings. The van der Waals surface area contributed by atoms with Crippen molar-refractivity contribution in [3.8, 4) is 0 Å². The SMILES string of the molecule is COC(=O)c1c(Cl)cccc1NC(=O)c1ccccc1Cl. The normalized spacial score (nSPS) is 10.0. The van der Waals surface area contributed by atoms with Crippen LogP contribution >= 0.6 is 23.2 Å². The lowest BCUT2D eigenvalue weighted by atomic mass is 10.1. The molecule has 0 radical (unpaired) electrons. The van der Waals surface area contributed by atoms with E-state index in [1.807, 2.05) is 0 Å². The molecular formula is C15H11Cl2NO3. The van der Waals surface area contributed by atoms with Gasteiger partial charge in [0.1, 0.15) is 5.56 Å². The predicted molar refractivity (Wildman–Crippen MR) is 82.2 cm³/mol. The second-order valence-corrected chi connectivity index (χ2v) is 4.90. The van der Waals surface area contributed by atoms with Crippen LogP contribution in [0.15, 0.2) is 42.5 Å². The molecule has 0 saturated heterocycles. The molecule has 0 aliphatic carbocycles. The van der Waals surface area contributed by atoms with Crippen molar-refractivity contribution >= 4 is 40.8 Å². The van der Waals surface area contributed by atoms with Crippen molar-refractivity contribution in [2.75, 3.05) is 12.4 Å². The summed E-state index contributed by atoms with van der Waals surface area (Å²) < 4.78 is 4.67. The zero-order valence-electron chi connectivity index (χ0n) is 11.0. The fraction of sp³-hybridized carbons (Fsp3) is 0.0667. The second-order valence-electron chi connectivity index (χ2n) is 4.09. The van der Waals surface area contributed by atoms with Crippen LogP contribution in [0.25, 0.3) is 0 Å². The highest BCUT2D eigenvalue weighted by Crippen LogP contribution is 2.26. The van der Waals surface area contributed by atoms with E-state index in [1.54, 1.807) is 42.5 Å². The average Bonchev–Trinajstić information content (AvgIpc) is 2.47. The summed E-state index contributed by atoms with van der Waals surface area (Å²) in [7, 11) is 1.24. The first-order valence-corrected chi connectivity index (χ1v) is 6.73. The molecular weight excluding hydrogens is 313 g/mol. The number of nitrogens with one attached hydrogen (secondary N) is 1. The third kappa shape index (κ3) is 3.35. The summed E-state index contributed by atoms with van der Waals surface area (Å²) in [5, 5.41) is 3.12. The van der Waals surface area contributed by atoms with E-state index in [0.717, 1.165) is 0 Å². The van der Waals surface area contributed by atoms with Gasteiger partial charge in [-0.15, -0.1) is 0 Å². The molecule has 2 rings (SSSR count). The maximum absolute atomic E-state index is 12.2. The highest BCUT2D eigenvalue weighted by atomic mass is 35.5. The second kappa shape index (κ2) is 6.61. The Labute approximate surface area is 131 Å². The summed E-state index contributed by atoms with van der Waals surface area (Å²) in [4.78, 5) is 24.0. The summed E-state index contributed by atoms with van der Waals surface area (Å²) in [6.07, 6.45) is 0. The standard InChI is InChI=1S/C15H11Cl2NO3/c1-21-15(20)13-11(17)7-4-8-12(13)18-14(19)9-5-2-3-6-10(9)16/h2-8H,1H3,(H,18,19). The minimum Gasteiger partial charge on any atom is -0.465 e. The number of hydrogen-bond acceptors (Lipinski definition) is 3. The van der Waals surface area contributed by atoms with Crippen molar-refractivity contribution in [3.05, 3.63) is 63.6 Å². The van der Waals surface area contributed by atoms with Gasteiger partial charge in [-0.25, -0.2) is 4.79 Å². The third-order valence-corrected chi connectivity index (χ3v) is 3.41. The van der Waals surface area contributed by atoms with Crippen molar-refractivity contribution in [2.45, 2.75) is 0 Å². The van der Waals surface area contributed by atoms with E-state index in [-0.39, 0.29) is 16.3 Å². The third-order valence-electron chi connectivity index (χ3n) is 2.77. The van der Waals surface area contributed by atoms with Gasteiger partial charge in [-0.1, -0.05) is 41.4 Å². The molecule has 0 atom stereocenters. The van der Waals surface area contributed by atoms with Gasteiger partial charge >= 0.3 is 5.97 Å². The number of carbonyl (C=O) groups is 2. The molecule has 1 N–H and O–H groups in total. The van der Waals surface area contributed by atoms with E-state index in [9.17, 15) is 9.59 Å². The topological polar surface area (TPSA) is 55.4 Å². The van der Waals surface area contributed by atoms with Crippen molar-refractivity contribution in [3.63, 3.8) is 0 Å². The Bertz CT molecular complexity index is 701. The Balaban J connectivity index is 2.36. The van der Waals surface area contributed by atoms with Crippen LogP contribution in [0.1, 0.15) is 20.7 Å². The van der Waals surface area contributed by atoms with Crippen LogP contribution in [-0.2, 0) is 4.74 Å². The van der Waals surface area contributed by atoms with Gasteiger partial charge in [-0.3, -0.25) is 4.79 Å². The molecule has 2 aromatic carbocycles. The van der Waals surface area contributed by atoms with E-state index in [4.69, 9.17) is 23.2 Å². The number of esters is 1. The van der Waals surface area contributed by atoms with Crippen LogP contribution < -0.4 is 5.32 Å². The van der Waals surface area contributed by atoms with Gasteiger partial charge in [0.15, 0.2) is 0 Å². The van der Waals surface area contributed by atoms with Crippen LogP contribution in [-0.4, -0.2) is 19.0 Å². The number of methoxy groups -OCH3 is 1. The van der Waals surface area contributed by atoms with Gasteiger partial charge < -0.3 is 10.1 Å². The Morgan fingerprint density at radius 2 is 1.67 bits per heavy atom. The van der Waals surface area contributed by atoms with Gasteiger partial charge in [-0.2, -0.15) is 0 Å². The number of anilines is 1. The molecule has 0 aromatic heterocycles. The minimum atomic E-state index is -0.630. The van der Waals surface area contributed by atoms with E-state index in [0.29, 0.717) is 10.6 Å². The van der Waals surface area contributed by atoms with Crippen molar-refractivity contribution in [1.82, 2.24) is 0 Å². The van der Waals surface area contributed by atoms with Gasteiger partial charge in [-0.05, 0) is 24.3 Å². The van der Waals surface area contributed by atoms with E-state index >= 15 is 0 Å². The maximum Gasteiger partial charge on any atom is 0.341 e. The summed E-state index contributed by atoms with van der Waals surface area (Å²) >= 11 is 12.0.